The third-order valence-corrected chi connectivity index (χ3v) is 7.56. The number of fused-ring (bicyclic) bond motifs is 1. The molecular weight excluding hydrogens is 510 g/mol. The molecule has 0 fully saturated rings. The van der Waals surface area contributed by atoms with Crippen LogP contribution in [0.15, 0.2) is 72.9 Å². The average molecular weight is 537 g/mol. The minimum atomic E-state index is -0.365. The van der Waals surface area contributed by atoms with Gasteiger partial charge in [-0.1, -0.05) is 35.9 Å². The summed E-state index contributed by atoms with van der Waals surface area (Å²) >= 11 is 7.87. The number of aryl methyl sites for hydroxylation is 1. The van der Waals surface area contributed by atoms with E-state index in [1.54, 1.807) is 23.6 Å². The molecule has 0 spiro atoms. The number of nitrogens with zero attached hydrogens (tertiary/aromatic N) is 3. The van der Waals surface area contributed by atoms with Crippen LogP contribution < -0.4 is 0 Å². The Morgan fingerprint density at radius 3 is 2.47 bits per heavy atom. The van der Waals surface area contributed by atoms with Gasteiger partial charge in [-0.05, 0) is 93.8 Å². The van der Waals surface area contributed by atoms with Gasteiger partial charge in [0, 0.05) is 27.9 Å². The summed E-state index contributed by atoms with van der Waals surface area (Å²) in [7, 11) is 0. The normalized spacial score (nSPS) is 12.4. The summed E-state index contributed by atoms with van der Waals surface area (Å²) in [6.07, 6.45) is 1.42. The SMILES string of the molecule is [CH2][C@H](OC(C)(C)C)c1c(C)cc2nc(-c3ccnc(-c4cccc(C#N)c4)c3)sc2c1-c1ccc(Cl)cc1. The average Bonchev–Trinajstić information content (AvgIpc) is 3.31. The van der Waals surface area contributed by atoms with Crippen molar-refractivity contribution in [2.24, 2.45) is 0 Å². The van der Waals surface area contributed by atoms with Crippen LogP contribution in [0.3, 0.4) is 0 Å². The minimum Gasteiger partial charge on any atom is -0.368 e. The first-order chi connectivity index (χ1) is 18.1. The molecular formula is C32H27ClN3OS. The van der Waals surface area contributed by atoms with E-state index in [9.17, 15) is 5.26 Å². The van der Waals surface area contributed by atoms with E-state index in [-0.39, 0.29) is 11.7 Å². The number of ether oxygens (including phenoxy) is 1. The van der Waals surface area contributed by atoms with E-state index in [0.29, 0.717) is 10.6 Å². The molecule has 3 aromatic carbocycles. The van der Waals surface area contributed by atoms with Gasteiger partial charge in [-0.3, -0.25) is 4.98 Å². The molecule has 0 aliphatic carbocycles. The van der Waals surface area contributed by atoms with Crippen LogP contribution in [0.1, 0.15) is 43.6 Å². The predicted octanol–water partition coefficient (Wildman–Crippen LogP) is 9.22. The van der Waals surface area contributed by atoms with Crippen molar-refractivity contribution in [2.75, 3.05) is 0 Å². The Balaban J connectivity index is 1.69. The Bertz CT molecular complexity index is 1680. The predicted molar refractivity (Wildman–Crippen MR) is 157 cm³/mol. The largest absolute Gasteiger partial charge is 0.368 e. The van der Waals surface area contributed by atoms with Crippen molar-refractivity contribution >= 4 is 33.2 Å². The number of aromatic nitrogens is 2. The molecule has 2 aromatic heterocycles. The Morgan fingerprint density at radius 1 is 1.00 bits per heavy atom. The maximum absolute atomic E-state index is 9.30. The van der Waals surface area contributed by atoms with E-state index in [4.69, 9.17) is 21.3 Å². The molecule has 0 saturated heterocycles. The van der Waals surface area contributed by atoms with E-state index >= 15 is 0 Å². The number of hydrogen-bond acceptors (Lipinski definition) is 5. The Hall–Kier alpha value is -3.56. The number of benzene rings is 3. The molecule has 0 amide bonds. The van der Waals surface area contributed by atoms with Gasteiger partial charge in [0.15, 0.2) is 0 Å². The molecule has 0 saturated carbocycles. The van der Waals surface area contributed by atoms with Gasteiger partial charge < -0.3 is 4.74 Å². The van der Waals surface area contributed by atoms with Crippen molar-refractivity contribution in [3.8, 4) is 39.0 Å². The topological polar surface area (TPSA) is 58.8 Å². The van der Waals surface area contributed by atoms with Crippen LogP contribution in [-0.2, 0) is 4.74 Å². The third-order valence-electron chi connectivity index (χ3n) is 6.17. The molecule has 5 aromatic rings. The highest BCUT2D eigenvalue weighted by molar-refractivity contribution is 7.22. The van der Waals surface area contributed by atoms with Crippen molar-refractivity contribution in [2.45, 2.75) is 39.4 Å². The van der Waals surface area contributed by atoms with Gasteiger partial charge in [0.1, 0.15) is 5.01 Å². The van der Waals surface area contributed by atoms with Crippen molar-refractivity contribution in [1.82, 2.24) is 9.97 Å². The fourth-order valence-electron chi connectivity index (χ4n) is 4.61. The minimum absolute atomic E-state index is 0.347. The van der Waals surface area contributed by atoms with Crippen molar-refractivity contribution in [1.29, 1.82) is 5.26 Å². The smallest absolute Gasteiger partial charge is 0.124 e. The van der Waals surface area contributed by atoms with Crippen LogP contribution in [0.5, 0.6) is 0 Å². The summed E-state index contributed by atoms with van der Waals surface area (Å²) in [5.41, 5.74) is 8.08. The number of pyridine rings is 1. The lowest BCUT2D eigenvalue weighted by atomic mass is 9.92. The maximum Gasteiger partial charge on any atom is 0.124 e. The summed E-state index contributed by atoms with van der Waals surface area (Å²) in [5.74, 6) is 0. The van der Waals surface area contributed by atoms with Gasteiger partial charge in [0.2, 0.25) is 0 Å². The molecule has 0 unspecified atom stereocenters. The lowest BCUT2D eigenvalue weighted by Gasteiger charge is -2.28. The van der Waals surface area contributed by atoms with Crippen molar-refractivity contribution < 1.29 is 4.74 Å². The third kappa shape index (κ3) is 5.35. The summed E-state index contributed by atoms with van der Waals surface area (Å²) in [6.45, 7) is 12.6. The van der Waals surface area contributed by atoms with Gasteiger partial charge >= 0.3 is 0 Å². The summed E-state index contributed by atoms with van der Waals surface area (Å²) in [4.78, 5) is 9.60. The first-order valence-corrected chi connectivity index (χ1v) is 13.5. The van der Waals surface area contributed by atoms with Crippen LogP contribution >= 0.6 is 22.9 Å². The van der Waals surface area contributed by atoms with E-state index in [1.165, 1.54) is 0 Å². The number of hydrogen-bond donors (Lipinski definition) is 0. The molecule has 2 heterocycles. The molecule has 0 aliphatic heterocycles. The fraction of sp³-hybridized carbons (Fsp3) is 0.188. The van der Waals surface area contributed by atoms with Crippen LogP contribution in [0.4, 0.5) is 0 Å². The summed E-state index contributed by atoms with van der Waals surface area (Å²) in [6, 6.07) is 23.7. The van der Waals surface area contributed by atoms with Gasteiger partial charge in [-0.15, -0.1) is 11.3 Å². The molecule has 1 atom stereocenters. The lowest BCUT2D eigenvalue weighted by molar-refractivity contribution is -0.0408. The molecule has 0 bridgehead atoms. The maximum atomic E-state index is 9.30. The zero-order valence-corrected chi connectivity index (χ0v) is 23.3. The number of thiazole rings is 1. The Kier molecular flexibility index (Phi) is 7.07. The molecule has 189 valence electrons. The molecule has 6 heteroatoms. The zero-order chi connectivity index (χ0) is 27.0. The van der Waals surface area contributed by atoms with E-state index in [1.807, 2.05) is 75.4 Å². The monoisotopic (exact) mass is 536 g/mol. The van der Waals surface area contributed by atoms with Crippen LogP contribution in [0.2, 0.25) is 5.02 Å². The molecule has 38 heavy (non-hydrogen) atoms. The molecule has 5 rings (SSSR count). The van der Waals surface area contributed by atoms with Gasteiger partial charge in [-0.25, -0.2) is 4.98 Å². The fourth-order valence-corrected chi connectivity index (χ4v) is 5.86. The van der Waals surface area contributed by atoms with Crippen LogP contribution in [-0.4, -0.2) is 15.6 Å². The van der Waals surface area contributed by atoms with Crippen molar-refractivity contribution in [3.05, 3.63) is 102 Å². The number of nitriles is 1. The lowest BCUT2D eigenvalue weighted by Crippen LogP contribution is -2.22. The quantitative estimate of drug-likeness (QED) is 0.224. The number of rotatable bonds is 5. The second-order valence-corrected chi connectivity index (χ2v) is 11.6. The number of halogens is 1. The highest BCUT2D eigenvalue weighted by Crippen LogP contribution is 2.44. The highest BCUT2D eigenvalue weighted by Gasteiger charge is 2.25. The Labute approximate surface area is 232 Å². The Morgan fingerprint density at radius 2 is 1.76 bits per heavy atom. The molecule has 0 aliphatic rings. The van der Waals surface area contributed by atoms with E-state index in [2.05, 4.69) is 31.0 Å². The molecule has 0 N–H and O–H groups in total. The summed E-state index contributed by atoms with van der Waals surface area (Å²) < 4.78 is 7.40. The standard InChI is InChI=1S/C32H27ClN3OS/c1-19-15-27-30(29(22-9-11-25(33)12-10-22)28(19)20(2)37-32(3,4)5)38-31(36-27)24-13-14-35-26(17-24)23-8-6-7-21(16-23)18-34/h6-17,20H,2H2,1,3-5H3/t20-/m0/s1. The van der Waals surface area contributed by atoms with Crippen molar-refractivity contribution in [3.63, 3.8) is 0 Å². The molecule has 1 radical (unpaired) electrons. The highest BCUT2D eigenvalue weighted by atomic mass is 35.5. The van der Waals surface area contributed by atoms with Gasteiger partial charge in [0.05, 0.1) is 39.2 Å². The zero-order valence-electron chi connectivity index (χ0n) is 21.7. The van der Waals surface area contributed by atoms with E-state index in [0.717, 1.165) is 54.3 Å². The van der Waals surface area contributed by atoms with Crippen LogP contribution in [0, 0.1) is 25.2 Å². The summed E-state index contributed by atoms with van der Waals surface area (Å²) in [5, 5.41) is 10.9. The van der Waals surface area contributed by atoms with Gasteiger partial charge in [0.25, 0.3) is 0 Å². The second-order valence-electron chi connectivity index (χ2n) is 10.2. The van der Waals surface area contributed by atoms with Gasteiger partial charge in [-0.2, -0.15) is 5.26 Å². The first-order valence-electron chi connectivity index (χ1n) is 12.3. The van der Waals surface area contributed by atoms with E-state index < -0.39 is 0 Å². The molecule has 4 nitrogen and oxygen atoms in total. The first kappa shape index (κ1) is 26.1. The van der Waals surface area contributed by atoms with Crippen LogP contribution in [0.25, 0.3) is 43.2 Å². The second kappa shape index (κ2) is 10.3.